The third-order valence-electron chi connectivity index (χ3n) is 4.43. The highest BCUT2D eigenvalue weighted by atomic mass is 16.5. The minimum atomic E-state index is -0.122. The quantitative estimate of drug-likeness (QED) is 0.872. The van der Waals surface area contributed by atoms with Crippen LogP contribution in [-0.2, 0) is 4.79 Å². The Morgan fingerprint density at radius 1 is 1.36 bits per heavy atom. The van der Waals surface area contributed by atoms with Gasteiger partial charge >= 0.3 is 0 Å². The topological polar surface area (TPSA) is 83.1 Å². The lowest BCUT2D eigenvalue weighted by atomic mass is 10.2. The Bertz CT molecular complexity index is 737. The molecule has 1 amide bonds. The van der Waals surface area contributed by atoms with E-state index in [1.54, 1.807) is 0 Å². The van der Waals surface area contributed by atoms with E-state index in [4.69, 9.17) is 4.74 Å². The molecule has 134 valence electrons. The predicted molar refractivity (Wildman–Crippen MR) is 95.6 cm³/mol. The van der Waals surface area contributed by atoms with Crippen LogP contribution in [0.25, 0.3) is 0 Å². The van der Waals surface area contributed by atoms with Gasteiger partial charge in [-0.1, -0.05) is 0 Å². The average Bonchev–Trinajstić information content (AvgIpc) is 3.14. The Balaban J connectivity index is 1.60. The number of hydrogen-bond donors (Lipinski definition) is 2. The van der Waals surface area contributed by atoms with E-state index in [0.717, 1.165) is 42.3 Å². The maximum Gasteiger partial charge on any atom is 0.222 e. The molecule has 1 fully saturated rings. The lowest BCUT2D eigenvalue weighted by molar-refractivity contribution is -0.114. The fraction of sp³-hybridized carbons (Fsp3) is 0.500. The molecule has 0 bridgehead atoms. The molecule has 3 heterocycles. The summed E-state index contributed by atoms with van der Waals surface area (Å²) in [6, 6.07) is 6.03. The molecule has 1 saturated heterocycles. The first kappa shape index (κ1) is 17.4. The van der Waals surface area contributed by atoms with E-state index < -0.39 is 0 Å². The van der Waals surface area contributed by atoms with Gasteiger partial charge < -0.3 is 10.1 Å². The van der Waals surface area contributed by atoms with Gasteiger partial charge in [0, 0.05) is 55.6 Å². The van der Waals surface area contributed by atoms with E-state index in [9.17, 15) is 4.79 Å². The highest BCUT2D eigenvalue weighted by molar-refractivity contribution is 5.87. The third-order valence-corrected chi connectivity index (χ3v) is 4.43. The van der Waals surface area contributed by atoms with Gasteiger partial charge in [0.15, 0.2) is 5.82 Å². The number of H-pyrrole nitrogens is 1. The van der Waals surface area contributed by atoms with E-state index in [-0.39, 0.29) is 18.1 Å². The molecule has 0 radical (unpaired) electrons. The zero-order valence-electron chi connectivity index (χ0n) is 15.2. The number of amides is 1. The van der Waals surface area contributed by atoms with Crippen molar-refractivity contribution in [3.8, 4) is 5.75 Å². The van der Waals surface area contributed by atoms with Crippen LogP contribution in [0.1, 0.15) is 43.4 Å². The van der Waals surface area contributed by atoms with Crippen molar-refractivity contribution in [2.75, 3.05) is 18.4 Å². The lowest BCUT2D eigenvalue weighted by Gasteiger charge is -2.23. The first-order valence-electron chi connectivity index (χ1n) is 8.59. The van der Waals surface area contributed by atoms with Crippen LogP contribution in [0.3, 0.4) is 0 Å². The van der Waals surface area contributed by atoms with Crippen molar-refractivity contribution in [1.82, 2.24) is 20.1 Å². The molecule has 0 spiro atoms. The number of anilines is 1. The molecule has 0 aliphatic carbocycles. The first-order valence-corrected chi connectivity index (χ1v) is 8.59. The summed E-state index contributed by atoms with van der Waals surface area (Å²) in [6.07, 6.45) is 1.15. The van der Waals surface area contributed by atoms with Gasteiger partial charge in [0.1, 0.15) is 11.9 Å². The molecule has 7 heteroatoms. The molecule has 25 heavy (non-hydrogen) atoms. The number of aryl methyl sites for hydroxylation is 2. The second kappa shape index (κ2) is 7.23. The van der Waals surface area contributed by atoms with Crippen LogP contribution in [0.2, 0.25) is 0 Å². The number of hydrogen-bond acceptors (Lipinski definition) is 5. The summed E-state index contributed by atoms with van der Waals surface area (Å²) in [5.41, 5.74) is 2.93. The highest BCUT2D eigenvalue weighted by Crippen LogP contribution is 2.27. The van der Waals surface area contributed by atoms with E-state index >= 15 is 0 Å². The molecule has 2 atom stereocenters. The van der Waals surface area contributed by atoms with Crippen molar-refractivity contribution in [3.05, 3.63) is 35.3 Å². The smallest absolute Gasteiger partial charge is 0.222 e. The van der Waals surface area contributed by atoms with E-state index in [1.807, 2.05) is 32.0 Å². The zero-order valence-corrected chi connectivity index (χ0v) is 15.2. The normalized spacial score (nSPS) is 19.0. The molecule has 0 aromatic carbocycles. The number of aromatic amines is 1. The number of likely N-dealkylation sites (tertiary alicyclic amines) is 1. The first-order chi connectivity index (χ1) is 11.9. The fourth-order valence-corrected chi connectivity index (χ4v) is 3.25. The molecule has 0 saturated carbocycles. The molecule has 1 aliphatic rings. The molecular formula is C18H25N5O2. The number of rotatable bonds is 5. The average molecular weight is 343 g/mol. The molecule has 1 aliphatic heterocycles. The van der Waals surface area contributed by atoms with Gasteiger partial charge in [0.2, 0.25) is 5.91 Å². The Hall–Kier alpha value is -2.41. The van der Waals surface area contributed by atoms with Gasteiger partial charge in [0.25, 0.3) is 0 Å². The van der Waals surface area contributed by atoms with Crippen LogP contribution in [0.5, 0.6) is 5.75 Å². The Morgan fingerprint density at radius 2 is 2.08 bits per heavy atom. The largest absolute Gasteiger partial charge is 0.489 e. The number of ether oxygens (including phenoxy) is 1. The van der Waals surface area contributed by atoms with Crippen molar-refractivity contribution >= 4 is 11.7 Å². The summed E-state index contributed by atoms with van der Waals surface area (Å²) in [5, 5.41) is 9.84. The van der Waals surface area contributed by atoms with Crippen LogP contribution in [0.15, 0.2) is 18.2 Å². The summed E-state index contributed by atoms with van der Waals surface area (Å²) >= 11 is 0. The minimum Gasteiger partial charge on any atom is -0.489 e. The van der Waals surface area contributed by atoms with Gasteiger partial charge in [0.05, 0.1) is 5.69 Å². The van der Waals surface area contributed by atoms with Crippen molar-refractivity contribution in [2.24, 2.45) is 0 Å². The van der Waals surface area contributed by atoms with Gasteiger partial charge in [-0.15, -0.1) is 0 Å². The predicted octanol–water partition coefficient (Wildman–Crippen LogP) is 2.59. The second-order valence-electron chi connectivity index (χ2n) is 6.67. The number of aromatic nitrogens is 3. The van der Waals surface area contributed by atoms with Crippen LogP contribution in [0, 0.1) is 13.8 Å². The summed E-state index contributed by atoms with van der Waals surface area (Å²) < 4.78 is 6.15. The zero-order chi connectivity index (χ0) is 18.0. The number of nitrogens with zero attached hydrogens (tertiary/aromatic N) is 3. The Kier molecular flexibility index (Phi) is 5.03. The SMILES string of the molecule is CC(=O)Nc1cc(C(C)N2CC[C@H](Oc3cc(C)nc(C)c3)C2)[nH]n1. The molecule has 3 rings (SSSR count). The third kappa shape index (κ3) is 4.36. The van der Waals surface area contributed by atoms with Gasteiger partial charge in [-0.25, -0.2) is 0 Å². The van der Waals surface area contributed by atoms with Crippen LogP contribution in [-0.4, -0.2) is 45.2 Å². The monoisotopic (exact) mass is 343 g/mol. The number of carbonyl (C=O) groups is 1. The number of carbonyl (C=O) groups excluding carboxylic acids is 1. The summed E-state index contributed by atoms with van der Waals surface area (Å²) in [5.74, 6) is 1.33. The lowest BCUT2D eigenvalue weighted by Crippen LogP contribution is -2.27. The molecular weight excluding hydrogens is 318 g/mol. The Labute approximate surface area is 147 Å². The van der Waals surface area contributed by atoms with Crippen molar-refractivity contribution < 1.29 is 9.53 Å². The van der Waals surface area contributed by atoms with Crippen molar-refractivity contribution in [2.45, 2.75) is 46.3 Å². The van der Waals surface area contributed by atoms with E-state index in [2.05, 4.69) is 32.3 Å². The second-order valence-corrected chi connectivity index (χ2v) is 6.67. The maximum absolute atomic E-state index is 11.1. The molecule has 2 N–H and O–H groups in total. The molecule has 7 nitrogen and oxygen atoms in total. The van der Waals surface area contributed by atoms with Crippen LogP contribution < -0.4 is 10.1 Å². The van der Waals surface area contributed by atoms with Gasteiger partial charge in [-0.2, -0.15) is 5.10 Å². The molecule has 2 aromatic heterocycles. The summed E-state index contributed by atoms with van der Waals surface area (Å²) in [7, 11) is 0. The van der Waals surface area contributed by atoms with Crippen LogP contribution in [0.4, 0.5) is 5.82 Å². The van der Waals surface area contributed by atoms with Crippen molar-refractivity contribution in [1.29, 1.82) is 0 Å². The highest BCUT2D eigenvalue weighted by Gasteiger charge is 2.29. The summed E-state index contributed by atoms with van der Waals surface area (Å²) in [4.78, 5) is 17.9. The number of nitrogens with one attached hydrogen (secondary N) is 2. The molecule has 2 aromatic rings. The number of pyridine rings is 1. The standard InChI is InChI=1S/C18H25N5O2/c1-11-7-16(8-12(2)19-11)25-15-5-6-23(10-15)13(3)17-9-18(22-21-17)20-14(4)24/h7-9,13,15H,5-6,10H2,1-4H3,(H2,20,21,22,24)/t13?,15-/m0/s1. The van der Waals surface area contributed by atoms with E-state index in [0.29, 0.717) is 5.82 Å². The van der Waals surface area contributed by atoms with Crippen LogP contribution >= 0.6 is 0 Å². The van der Waals surface area contributed by atoms with Gasteiger partial charge in [-0.05, 0) is 27.2 Å². The maximum atomic E-state index is 11.1. The van der Waals surface area contributed by atoms with E-state index in [1.165, 1.54) is 6.92 Å². The summed E-state index contributed by atoms with van der Waals surface area (Å²) in [6.45, 7) is 9.39. The Morgan fingerprint density at radius 3 is 2.76 bits per heavy atom. The van der Waals surface area contributed by atoms with Gasteiger partial charge in [-0.3, -0.25) is 19.8 Å². The molecule has 1 unspecified atom stereocenters. The van der Waals surface area contributed by atoms with Crippen molar-refractivity contribution in [3.63, 3.8) is 0 Å². The minimum absolute atomic E-state index is 0.122. The fourth-order valence-electron chi connectivity index (χ4n) is 3.25.